The maximum atomic E-state index is 12.8. The average molecular weight is 454 g/mol. The van der Waals surface area contributed by atoms with Crippen molar-refractivity contribution in [2.24, 2.45) is 0 Å². The number of amides is 2. The molecule has 0 aliphatic carbocycles. The number of para-hydroxylation sites is 2. The van der Waals surface area contributed by atoms with Crippen LogP contribution in [0.15, 0.2) is 71.1 Å². The first kappa shape index (κ1) is 21.9. The summed E-state index contributed by atoms with van der Waals surface area (Å²) in [7, 11) is 0. The van der Waals surface area contributed by atoms with Crippen molar-refractivity contribution in [2.75, 3.05) is 38.0 Å². The fraction of sp³-hybridized carbons (Fsp3) is 0.250. The molecule has 1 aliphatic rings. The minimum atomic E-state index is -0.156. The van der Waals surface area contributed by atoms with E-state index in [4.69, 9.17) is 20.8 Å². The molecule has 0 saturated carbocycles. The smallest absolute Gasteiger partial charge is 0.289 e. The van der Waals surface area contributed by atoms with Crippen molar-refractivity contribution >= 4 is 29.1 Å². The van der Waals surface area contributed by atoms with Crippen molar-refractivity contribution in [2.45, 2.75) is 6.61 Å². The van der Waals surface area contributed by atoms with Gasteiger partial charge in [-0.05, 0) is 36.4 Å². The van der Waals surface area contributed by atoms with Crippen LogP contribution < -0.4 is 10.1 Å². The molecular weight excluding hydrogens is 430 g/mol. The van der Waals surface area contributed by atoms with E-state index in [1.807, 2.05) is 47.4 Å². The zero-order valence-electron chi connectivity index (χ0n) is 17.5. The maximum Gasteiger partial charge on any atom is 0.289 e. The maximum absolute atomic E-state index is 12.8. The third-order valence-electron chi connectivity index (χ3n) is 5.17. The first-order valence-corrected chi connectivity index (χ1v) is 10.8. The molecule has 2 aromatic carbocycles. The molecular formula is C24H24ClN3O4. The van der Waals surface area contributed by atoms with Crippen LogP contribution in [0, 0.1) is 0 Å². The van der Waals surface area contributed by atoms with Crippen LogP contribution >= 0.6 is 11.6 Å². The second kappa shape index (κ2) is 10.3. The third kappa shape index (κ3) is 5.69. The number of anilines is 1. The van der Waals surface area contributed by atoms with Crippen LogP contribution in [0.3, 0.4) is 0 Å². The summed E-state index contributed by atoms with van der Waals surface area (Å²) < 4.78 is 11.3. The first-order valence-electron chi connectivity index (χ1n) is 10.4. The number of carbonyl (C=O) groups is 2. The molecule has 3 aromatic rings. The number of nitrogens with zero attached hydrogens (tertiary/aromatic N) is 2. The molecule has 1 saturated heterocycles. The van der Waals surface area contributed by atoms with Crippen molar-refractivity contribution in [1.82, 2.24) is 9.80 Å². The number of carbonyl (C=O) groups excluding carboxylic acids is 2. The molecule has 1 aromatic heterocycles. The normalized spacial score (nSPS) is 14.2. The Hall–Kier alpha value is -3.29. The zero-order valence-corrected chi connectivity index (χ0v) is 18.3. The molecule has 0 spiro atoms. The lowest BCUT2D eigenvalue weighted by molar-refractivity contribution is -0.117. The van der Waals surface area contributed by atoms with Crippen molar-refractivity contribution in [3.05, 3.63) is 83.3 Å². The minimum Gasteiger partial charge on any atom is -0.486 e. The van der Waals surface area contributed by atoms with Crippen LogP contribution in [0.1, 0.15) is 16.3 Å². The van der Waals surface area contributed by atoms with Crippen molar-refractivity contribution in [1.29, 1.82) is 0 Å². The van der Waals surface area contributed by atoms with Crippen LogP contribution in [-0.2, 0) is 11.4 Å². The van der Waals surface area contributed by atoms with E-state index in [0.29, 0.717) is 48.4 Å². The number of piperazine rings is 1. The van der Waals surface area contributed by atoms with Crippen LogP contribution in [0.25, 0.3) is 0 Å². The fourth-order valence-electron chi connectivity index (χ4n) is 3.46. The summed E-state index contributed by atoms with van der Waals surface area (Å²) in [5.74, 6) is 1.34. The van der Waals surface area contributed by atoms with Gasteiger partial charge in [0.05, 0.1) is 17.3 Å². The molecule has 1 fully saturated rings. The Balaban J connectivity index is 1.23. The summed E-state index contributed by atoms with van der Waals surface area (Å²) in [6.07, 6.45) is 0. The highest BCUT2D eigenvalue weighted by Crippen LogP contribution is 2.20. The van der Waals surface area contributed by atoms with Crippen LogP contribution in [-0.4, -0.2) is 54.3 Å². The van der Waals surface area contributed by atoms with Gasteiger partial charge in [0.25, 0.3) is 5.91 Å². The molecule has 1 aliphatic heterocycles. The highest BCUT2D eigenvalue weighted by molar-refractivity contribution is 6.33. The number of furan rings is 1. The summed E-state index contributed by atoms with van der Waals surface area (Å²) >= 11 is 6.09. The van der Waals surface area contributed by atoms with Crippen LogP contribution in [0.2, 0.25) is 5.02 Å². The summed E-state index contributed by atoms with van der Waals surface area (Å²) in [5, 5.41) is 3.33. The Labute approximate surface area is 191 Å². The second-order valence-electron chi connectivity index (χ2n) is 7.46. The Bertz CT molecular complexity index is 1060. The minimum absolute atomic E-state index is 0.132. The highest BCUT2D eigenvalue weighted by Gasteiger charge is 2.25. The quantitative estimate of drug-likeness (QED) is 0.587. The Kier molecular flexibility index (Phi) is 7.09. The van der Waals surface area contributed by atoms with Crippen LogP contribution in [0.5, 0.6) is 5.75 Å². The summed E-state index contributed by atoms with van der Waals surface area (Å²) in [6.45, 7) is 2.75. The average Bonchev–Trinajstić information content (AvgIpc) is 3.29. The number of hydrogen-bond acceptors (Lipinski definition) is 5. The summed E-state index contributed by atoms with van der Waals surface area (Å²) in [6, 6.07) is 20.0. The predicted octanol–water partition coefficient (Wildman–Crippen LogP) is 3.91. The summed E-state index contributed by atoms with van der Waals surface area (Å²) in [5.41, 5.74) is 0.595. The number of rotatable bonds is 7. The number of hydrogen-bond donors (Lipinski definition) is 1. The Morgan fingerprint density at radius 1 is 0.938 bits per heavy atom. The van der Waals surface area contributed by atoms with Gasteiger partial charge in [-0.15, -0.1) is 0 Å². The molecule has 0 radical (unpaired) electrons. The Morgan fingerprint density at radius 3 is 2.41 bits per heavy atom. The van der Waals surface area contributed by atoms with E-state index in [-0.39, 0.29) is 25.0 Å². The second-order valence-corrected chi connectivity index (χ2v) is 7.87. The molecule has 2 amide bonds. The van der Waals surface area contributed by atoms with Gasteiger partial charge in [0.2, 0.25) is 5.91 Å². The molecule has 0 unspecified atom stereocenters. The lowest BCUT2D eigenvalue weighted by Crippen LogP contribution is -2.50. The van der Waals surface area contributed by atoms with E-state index in [1.165, 1.54) is 0 Å². The van der Waals surface area contributed by atoms with Crippen molar-refractivity contribution in [3.63, 3.8) is 0 Å². The monoisotopic (exact) mass is 453 g/mol. The van der Waals surface area contributed by atoms with Gasteiger partial charge in [0.1, 0.15) is 18.1 Å². The number of nitrogens with one attached hydrogen (secondary N) is 1. The topological polar surface area (TPSA) is 75.0 Å². The zero-order chi connectivity index (χ0) is 22.3. The van der Waals surface area contributed by atoms with Crippen LogP contribution in [0.4, 0.5) is 5.69 Å². The fourth-order valence-corrected chi connectivity index (χ4v) is 3.64. The van der Waals surface area contributed by atoms with E-state index in [9.17, 15) is 9.59 Å². The van der Waals surface area contributed by atoms with Gasteiger partial charge in [0, 0.05) is 26.2 Å². The standard InChI is InChI=1S/C24H24ClN3O4/c25-20-8-4-5-9-21(20)26-23(29)16-27-12-14-28(15-13-27)24(30)22-11-10-19(32-22)17-31-18-6-2-1-3-7-18/h1-11H,12-17H2,(H,26,29). The molecule has 0 atom stereocenters. The van der Waals surface area contributed by atoms with E-state index in [1.54, 1.807) is 29.2 Å². The van der Waals surface area contributed by atoms with E-state index >= 15 is 0 Å². The largest absolute Gasteiger partial charge is 0.486 e. The van der Waals surface area contributed by atoms with Crippen molar-refractivity contribution < 1.29 is 18.7 Å². The van der Waals surface area contributed by atoms with Gasteiger partial charge < -0.3 is 19.4 Å². The Morgan fingerprint density at radius 2 is 1.66 bits per heavy atom. The third-order valence-corrected chi connectivity index (χ3v) is 5.50. The molecule has 166 valence electrons. The molecule has 32 heavy (non-hydrogen) atoms. The molecule has 2 heterocycles. The number of ether oxygens (including phenoxy) is 1. The van der Waals surface area contributed by atoms with Gasteiger partial charge in [0.15, 0.2) is 5.76 Å². The molecule has 0 bridgehead atoms. The van der Waals surface area contributed by atoms with Gasteiger partial charge >= 0.3 is 0 Å². The van der Waals surface area contributed by atoms with Gasteiger partial charge in [-0.25, -0.2) is 0 Å². The van der Waals surface area contributed by atoms with Gasteiger partial charge in [-0.1, -0.05) is 41.9 Å². The van der Waals surface area contributed by atoms with E-state index in [0.717, 1.165) is 5.75 Å². The number of benzene rings is 2. The van der Waals surface area contributed by atoms with E-state index in [2.05, 4.69) is 5.32 Å². The molecule has 8 heteroatoms. The predicted molar refractivity (Wildman–Crippen MR) is 122 cm³/mol. The molecule has 7 nitrogen and oxygen atoms in total. The highest BCUT2D eigenvalue weighted by atomic mass is 35.5. The molecule has 1 N–H and O–H groups in total. The molecule has 4 rings (SSSR count). The summed E-state index contributed by atoms with van der Waals surface area (Å²) in [4.78, 5) is 28.8. The number of halogens is 1. The lowest BCUT2D eigenvalue weighted by Gasteiger charge is -2.33. The van der Waals surface area contributed by atoms with E-state index < -0.39 is 0 Å². The van der Waals surface area contributed by atoms with Crippen molar-refractivity contribution in [3.8, 4) is 5.75 Å². The first-order chi connectivity index (χ1) is 15.6. The SMILES string of the molecule is O=C(CN1CCN(C(=O)c2ccc(COc3ccccc3)o2)CC1)Nc1ccccc1Cl. The lowest BCUT2D eigenvalue weighted by atomic mass is 10.2. The van der Waals surface area contributed by atoms with Gasteiger partial charge in [-0.3, -0.25) is 14.5 Å². The van der Waals surface area contributed by atoms with Gasteiger partial charge in [-0.2, -0.15) is 0 Å².